The number of ether oxygens (including phenoxy) is 1. The Bertz CT molecular complexity index is 498. The van der Waals surface area contributed by atoms with Gasteiger partial charge in [0.05, 0.1) is 25.7 Å². The molecule has 31 heavy (non-hydrogen) atoms. The van der Waals surface area contributed by atoms with Gasteiger partial charge in [-0.3, -0.25) is 0 Å². The van der Waals surface area contributed by atoms with Gasteiger partial charge in [0.15, 0.2) is 0 Å². The average molecular weight is 502 g/mol. The van der Waals surface area contributed by atoms with Gasteiger partial charge < -0.3 is 4.74 Å². The van der Waals surface area contributed by atoms with E-state index in [4.69, 9.17) is 0 Å². The van der Waals surface area contributed by atoms with Gasteiger partial charge in [-0.15, -0.1) is 0 Å². The zero-order chi connectivity index (χ0) is 25.5. The lowest BCUT2D eigenvalue weighted by Crippen LogP contribution is -2.64. The third kappa shape index (κ3) is 9.47. The first-order chi connectivity index (χ1) is 13.0. The summed E-state index contributed by atoms with van der Waals surface area (Å²) in [5.74, 6) is -11.0. The van der Waals surface area contributed by atoms with Crippen LogP contribution in [-0.4, -0.2) is 47.8 Å². The summed E-state index contributed by atoms with van der Waals surface area (Å²) in [7, 11) is 0. The van der Waals surface area contributed by atoms with E-state index in [2.05, 4.69) is 4.74 Å². The second kappa shape index (κ2) is 8.32. The molecule has 0 aliphatic carbocycles. The first kappa shape index (κ1) is 29.8. The molecule has 0 N–H and O–H groups in total. The molecule has 0 saturated carbocycles. The van der Waals surface area contributed by atoms with E-state index in [0.717, 1.165) is 0 Å². The molecule has 0 atom stereocenters. The van der Waals surface area contributed by atoms with Crippen LogP contribution in [0, 0.1) is 0 Å². The van der Waals surface area contributed by atoms with Crippen LogP contribution >= 0.6 is 0 Å². The first-order valence-corrected chi connectivity index (χ1v) is 7.76. The molecule has 0 heterocycles. The fraction of sp³-hybridized carbons (Fsp3) is 1.00. The average Bonchev–Trinajstić information content (AvgIpc) is 2.25. The summed E-state index contributed by atoms with van der Waals surface area (Å²) >= 11 is 0. The SMILES string of the molecule is CC(F)(F)C(CC(F)(F)F)(CC(F)(F)F)OC(CC(F)(F)F)(CC(F)(F)F)C(C)(F)F. The number of alkyl halides is 16. The zero-order valence-electron chi connectivity index (χ0n) is 15.3. The van der Waals surface area contributed by atoms with Crippen molar-refractivity contribution in [3.8, 4) is 0 Å². The Morgan fingerprint density at radius 2 is 0.548 bits per heavy atom. The summed E-state index contributed by atoms with van der Waals surface area (Å²) in [4.78, 5) is 0. The summed E-state index contributed by atoms with van der Waals surface area (Å²) in [5, 5.41) is 0. The molecule has 0 aliphatic heterocycles. The molecule has 0 spiro atoms. The molecule has 0 aromatic carbocycles. The molecule has 0 radical (unpaired) electrons. The van der Waals surface area contributed by atoms with Gasteiger partial charge in [0.1, 0.15) is 11.2 Å². The van der Waals surface area contributed by atoms with Crippen LogP contribution in [0.3, 0.4) is 0 Å². The van der Waals surface area contributed by atoms with Crippen LogP contribution in [-0.2, 0) is 4.74 Å². The Morgan fingerprint density at radius 3 is 0.645 bits per heavy atom. The van der Waals surface area contributed by atoms with Crippen LogP contribution in [0.15, 0.2) is 0 Å². The Balaban J connectivity index is 7.13. The number of rotatable bonds is 8. The fourth-order valence-electron chi connectivity index (χ4n) is 2.74. The minimum absolute atomic E-state index is 0.732. The van der Waals surface area contributed by atoms with Gasteiger partial charge in [0, 0.05) is 13.8 Å². The lowest BCUT2D eigenvalue weighted by atomic mass is 9.82. The van der Waals surface area contributed by atoms with E-state index in [9.17, 15) is 70.2 Å². The predicted molar refractivity (Wildman–Crippen MR) is 70.5 cm³/mol. The molecule has 17 heteroatoms. The Labute approximate surface area is 163 Å². The summed E-state index contributed by atoms with van der Waals surface area (Å²) < 4.78 is 213. The molecule has 0 aromatic heterocycles. The summed E-state index contributed by atoms with van der Waals surface area (Å²) in [6, 6.07) is 0. The second-order valence-corrected chi connectivity index (χ2v) is 7.04. The van der Waals surface area contributed by atoms with E-state index in [-0.39, 0.29) is 0 Å². The van der Waals surface area contributed by atoms with Crippen molar-refractivity contribution in [3.63, 3.8) is 0 Å². The molecule has 0 amide bonds. The molecule has 0 bridgehead atoms. The highest BCUT2D eigenvalue weighted by molar-refractivity contribution is 5.04. The molecule has 0 saturated heterocycles. The van der Waals surface area contributed by atoms with Crippen molar-refractivity contribution in [1.29, 1.82) is 0 Å². The largest absolute Gasteiger partial charge is 0.392 e. The third-order valence-corrected chi connectivity index (χ3v) is 3.93. The van der Waals surface area contributed by atoms with Crippen molar-refractivity contribution in [1.82, 2.24) is 0 Å². The van der Waals surface area contributed by atoms with Crippen molar-refractivity contribution in [3.05, 3.63) is 0 Å². The number of halogens is 16. The second-order valence-electron chi connectivity index (χ2n) is 7.04. The van der Waals surface area contributed by atoms with E-state index in [1.165, 1.54) is 0 Å². The Hall–Kier alpha value is -1.16. The molecule has 1 nitrogen and oxygen atoms in total. The van der Waals surface area contributed by atoms with Crippen molar-refractivity contribution < 1.29 is 75.0 Å². The molecule has 0 rings (SSSR count). The molecule has 188 valence electrons. The lowest BCUT2D eigenvalue weighted by molar-refractivity contribution is -0.372. The van der Waals surface area contributed by atoms with E-state index in [0.29, 0.717) is 0 Å². The van der Waals surface area contributed by atoms with Crippen LogP contribution in [0.25, 0.3) is 0 Å². The summed E-state index contributed by atoms with van der Waals surface area (Å²) in [5.41, 5.74) is -10.6. The van der Waals surface area contributed by atoms with Gasteiger partial charge >= 0.3 is 24.7 Å². The molecular formula is C14H14F16O. The summed E-state index contributed by atoms with van der Waals surface area (Å²) in [6.07, 6.45) is -38.3. The van der Waals surface area contributed by atoms with Crippen LogP contribution in [0.4, 0.5) is 70.2 Å². The normalized spacial score (nSPS) is 16.1. The third-order valence-electron chi connectivity index (χ3n) is 3.93. The highest BCUT2D eigenvalue weighted by atomic mass is 19.4. The van der Waals surface area contributed by atoms with Gasteiger partial charge in [0.2, 0.25) is 0 Å². The van der Waals surface area contributed by atoms with Crippen LogP contribution in [0.2, 0.25) is 0 Å². The number of hydrogen-bond acceptors (Lipinski definition) is 1. The van der Waals surface area contributed by atoms with Gasteiger partial charge in [-0.05, 0) is 0 Å². The van der Waals surface area contributed by atoms with Crippen LogP contribution in [0.5, 0.6) is 0 Å². The van der Waals surface area contributed by atoms with Gasteiger partial charge in [-0.25, -0.2) is 17.6 Å². The Kier molecular flexibility index (Phi) is 8.01. The van der Waals surface area contributed by atoms with Gasteiger partial charge in [0.25, 0.3) is 11.8 Å². The van der Waals surface area contributed by atoms with Crippen LogP contribution in [0.1, 0.15) is 39.5 Å². The predicted octanol–water partition coefficient (Wildman–Crippen LogP) is 7.60. The highest BCUT2D eigenvalue weighted by Crippen LogP contribution is 2.55. The quantitative estimate of drug-likeness (QED) is 0.311. The Morgan fingerprint density at radius 1 is 0.387 bits per heavy atom. The van der Waals surface area contributed by atoms with Crippen LogP contribution < -0.4 is 0 Å². The fourth-order valence-corrected chi connectivity index (χ4v) is 2.74. The van der Waals surface area contributed by atoms with Gasteiger partial charge in [-0.2, -0.15) is 52.7 Å². The van der Waals surface area contributed by atoms with E-state index in [1.54, 1.807) is 0 Å². The molecular weight excluding hydrogens is 488 g/mol. The standard InChI is InChI=1S/C14H14F16O/c1-7(15,16)9(3-11(19,20)21,4-12(22,23)24)31-10(8(2,17)18,5-13(25,26)27)6-14(28,29)30/h3-6H2,1-2H3. The maximum absolute atomic E-state index is 14.0. The monoisotopic (exact) mass is 502 g/mol. The van der Waals surface area contributed by atoms with E-state index < -0.39 is 87.3 Å². The zero-order valence-corrected chi connectivity index (χ0v) is 15.3. The maximum atomic E-state index is 14.0. The van der Waals surface area contributed by atoms with E-state index >= 15 is 0 Å². The first-order valence-electron chi connectivity index (χ1n) is 7.76. The minimum Gasteiger partial charge on any atom is -0.355 e. The summed E-state index contributed by atoms with van der Waals surface area (Å²) in [6.45, 7) is -1.46. The van der Waals surface area contributed by atoms with Gasteiger partial charge in [-0.1, -0.05) is 0 Å². The molecule has 0 unspecified atom stereocenters. The smallest absolute Gasteiger partial charge is 0.355 e. The maximum Gasteiger partial charge on any atom is 0.392 e. The lowest BCUT2D eigenvalue weighted by Gasteiger charge is -2.49. The van der Waals surface area contributed by atoms with Crippen molar-refractivity contribution >= 4 is 0 Å². The van der Waals surface area contributed by atoms with E-state index in [1.807, 2.05) is 0 Å². The van der Waals surface area contributed by atoms with Crippen molar-refractivity contribution in [2.24, 2.45) is 0 Å². The highest BCUT2D eigenvalue weighted by Gasteiger charge is 2.70. The minimum atomic E-state index is -6.10. The molecule has 0 fully saturated rings. The molecule has 0 aromatic rings. The van der Waals surface area contributed by atoms with Crippen molar-refractivity contribution in [2.45, 2.75) is 87.3 Å². The number of hydrogen-bond donors (Lipinski definition) is 0. The topological polar surface area (TPSA) is 9.23 Å². The molecule has 0 aliphatic rings. The van der Waals surface area contributed by atoms with Crippen molar-refractivity contribution in [2.75, 3.05) is 0 Å².